The molecule has 0 spiro atoms. The van der Waals surface area contributed by atoms with E-state index in [2.05, 4.69) is 21.0 Å². The summed E-state index contributed by atoms with van der Waals surface area (Å²) >= 11 is 0. The van der Waals surface area contributed by atoms with E-state index >= 15 is 0 Å². The van der Waals surface area contributed by atoms with Gasteiger partial charge in [-0.2, -0.15) is 5.10 Å². The van der Waals surface area contributed by atoms with Crippen molar-refractivity contribution in [3.05, 3.63) is 48.0 Å². The fraction of sp³-hybridized carbons (Fsp3) is 0.0909. The molecule has 6 heteroatoms. The second-order valence-electron chi connectivity index (χ2n) is 3.44. The molecule has 0 aliphatic heterocycles. The SMILES string of the molecule is O=C(Cc1ccn[nH]1)NNc1cccc(F)c1. The molecule has 17 heavy (non-hydrogen) atoms. The van der Waals surface area contributed by atoms with Crippen LogP contribution in [0.25, 0.3) is 0 Å². The van der Waals surface area contributed by atoms with Crippen LogP contribution in [0.5, 0.6) is 0 Å². The number of halogens is 1. The van der Waals surface area contributed by atoms with Gasteiger partial charge in [-0.25, -0.2) is 4.39 Å². The number of H-pyrrole nitrogens is 1. The van der Waals surface area contributed by atoms with Crippen molar-refractivity contribution in [1.29, 1.82) is 0 Å². The third-order valence-corrected chi connectivity index (χ3v) is 2.08. The highest BCUT2D eigenvalue weighted by Gasteiger charge is 2.03. The first-order valence-corrected chi connectivity index (χ1v) is 5.03. The molecule has 0 bridgehead atoms. The van der Waals surface area contributed by atoms with Crippen LogP contribution in [0.15, 0.2) is 36.5 Å². The van der Waals surface area contributed by atoms with Gasteiger partial charge in [0.2, 0.25) is 5.91 Å². The number of aromatic amines is 1. The summed E-state index contributed by atoms with van der Waals surface area (Å²) in [6.45, 7) is 0. The third-order valence-electron chi connectivity index (χ3n) is 2.08. The van der Waals surface area contributed by atoms with E-state index in [0.717, 1.165) is 0 Å². The van der Waals surface area contributed by atoms with Crippen LogP contribution in [-0.4, -0.2) is 16.1 Å². The van der Waals surface area contributed by atoms with Crippen molar-refractivity contribution < 1.29 is 9.18 Å². The fourth-order valence-electron chi connectivity index (χ4n) is 1.31. The lowest BCUT2D eigenvalue weighted by atomic mass is 10.3. The van der Waals surface area contributed by atoms with Crippen LogP contribution in [-0.2, 0) is 11.2 Å². The maximum atomic E-state index is 12.8. The van der Waals surface area contributed by atoms with E-state index in [9.17, 15) is 9.18 Å². The van der Waals surface area contributed by atoms with E-state index in [1.54, 1.807) is 24.4 Å². The molecule has 3 N–H and O–H groups in total. The molecule has 1 amide bonds. The molecule has 0 aliphatic rings. The molecule has 5 nitrogen and oxygen atoms in total. The average Bonchev–Trinajstić information content (AvgIpc) is 2.79. The summed E-state index contributed by atoms with van der Waals surface area (Å²) in [6.07, 6.45) is 1.75. The molecule has 1 aromatic heterocycles. The zero-order valence-electron chi connectivity index (χ0n) is 8.90. The van der Waals surface area contributed by atoms with Gasteiger partial charge >= 0.3 is 0 Å². The number of hydrazine groups is 1. The van der Waals surface area contributed by atoms with Crippen molar-refractivity contribution in [1.82, 2.24) is 15.6 Å². The van der Waals surface area contributed by atoms with Crippen LogP contribution in [0.3, 0.4) is 0 Å². The predicted molar refractivity (Wildman–Crippen MR) is 60.5 cm³/mol. The zero-order chi connectivity index (χ0) is 12.1. The molecule has 0 unspecified atom stereocenters. The summed E-state index contributed by atoms with van der Waals surface area (Å²) in [5.74, 6) is -0.601. The van der Waals surface area contributed by atoms with Gasteiger partial charge in [0.1, 0.15) is 5.82 Å². The number of nitrogens with one attached hydrogen (secondary N) is 3. The number of carbonyl (C=O) groups excluding carboxylic acids is 1. The molecule has 0 saturated carbocycles. The van der Waals surface area contributed by atoms with Gasteiger partial charge in [-0.15, -0.1) is 0 Å². The van der Waals surface area contributed by atoms with Crippen molar-refractivity contribution in [3.8, 4) is 0 Å². The van der Waals surface area contributed by atoms with Gasteiger partial charge in [-0.05, 0) is 24.3 Å². The Morgan fingerprint density at radius 2 is 2.29 bits per heavy atom. The van der Waals surface area contributed by atoms with E-state index in [4.69, 9.17) is 0 Å². The monoisotopic (exact) mass is 234 g/mol. The van der Waals surface area contributed by atoms with Crippen molar-refractivity contribution in [2.45, 2.75) is 6.42 Å². The maximum Gasteiger partial charge on any atom is 0.244 e. The number of hydrogen-bond donors (Lipinski definition) is 3. The Morgan fingerprint density at radius 3 is 3.00 bits per heavy atom. The standard InChI is InChI=1S/C11H11FN4O/c12-8-2-1-3-9(6-8)15-16-11(17)7-10-4-5-13-14-10/h1-6,15H,7H2,(H,13,14)(H,16,17). The molecule has 2 rings (SSSR count). The Balaban J connectivity index is 1.84. The molecule has 2 aromatic rings. The zero-order valence-corrected chi connectivity index (χ0v) is 8.90. The largest absolute Gasteiger partial charge is 0.299 e. The van der Waals surface area contributed by atoms with Crippen LogP contribution in [0.2, 0.25) is 0 Å². The summed E-state index contributed by atoms with van der Waals surface area (Å²) in [5.41, 5.74) is 6.29. The Kier molecular flexibility index (Phi) is 3.34. The highest BCUT2D eigenvalue weighted by atomic mass is 19.1. The van der Waals surface area contributed by atoms with Crippen LogP contribution < -0.4 is 10.9 Å². The minimum Gasteiger partial charge on any atom is -0.299 e. The van der Waals surface area contributed by atoms with Gasteiger partial charge < -0.3 is 0 Å². The van der Waals surface area contributed by atoms with Gasteiger partial charge in [0.05, 0.1) is 12.1 Å². The smallest absolute Gasteiger partial charge is 0.244 e. The van der Waals surface area contributed by atoms with Gasteiger partial charge in [0.25, 0.3) is 0 Å². The minimum atomic E-state index is -0.363. The van der Waals surface area contributed by atoms with E-state index in [-0.39, 0.29) is 18.1 Å². The second-order valence-corrected chi connectivity index (χ2v) is 3.44. The summed E-state index contributed by atoms with van der Waals surface area (Å²) in [4.78, 5) is 11.5. The third kappa shape index (κ3) is 3.30. The van der Waals surface area contributed by atoms with Crippen LogP contribution in [0, 0.1) is 5.82 Å². The van der Waals surface area contributed by atoms with Gasteiger partial charge in [-0.3, -0.25) is 20.7 Å². The first-order chi connectivity index (χ1) is 8.24. The number of benzene rings is 1. The predicted octanol–water partition coefficient (Wildman–Crippen LogP) is 1.23. The number of nitrogens with zero attached hydrogens (tertiary/aromatic N) is 1. The molecular weight excluding hydrogens is 223 g/mol. The number of rotatable bonds is 4. The molecule has 0 fully saturated rings. The molecule has 0 atom stereocenters. The molecule has 1 aromatic carbocycles. The van der Waals surface area contributed by atoms with Crippen LogP contribution >= 0.6 is 0 Å². The Labute approximate surface area is 97.0 Å². The number of carbonyl (C=O) groups is 1. The topological polar surface area (TPSA) is 69.8 Å². The lowest BCUT2D eigenvalue weighted by Gasteiger charge is -2.07. The van der Waals surface area contributed by atoms with Crippen LogP contribution in [0.4, 0.5) is 10.1 Å². The average molecular weight is 234 g/mol. The maximum absolute atomic E-state index is 12.8. The number of aromatic nitrogens is 2. The summed E-state index contributed by atoms with van der Waals surface area (Å²) in [5, 5.41) is 6.41. The normalized spacial score (nSPS) is 9.94. The summed E-state index contributed by atoms with van der Waals surface area (Å²) in [6, 6.07) is 7.54. The van der Waals surface area contributed by atoms with Crippen molar-refractivity contribution in [2.24, 2.45) is 0 Å². The summed E-state index contributed by atoms with van der Waals surface area (Å²) < 4.78 is 12.8. The second kappa shape index (κ2) is 5.11. The van der Waals surface area contributed by atoms with Gasteiger partial charge in [0, 0.05) is 11.9 Å². The number of hydrogen-bond acceptors (Lipinski definition) is 3. The summed E-state index contributed by atoms with van der Waals surface area (Å²) in [7, 11) is 0. The molecule has 0 aliphatic carbocycles. The fourth-order valence-corrected chi connectivity index (χ4v) is 1.31. The Hall–Kier alpha value is -2.37. The number of amides is 1. The molecule has 0 saturated heterocycles. The highest BCUT2D eigenvalue weighted by molar-refractivity contribution is 5.79. The Morgan fingerprint density at radius 1 is 1.41 bits per heavy atom. The molecule has 88 valence electrons. The first kappa shape index (κ1) is 11.1. The van der Waals surface area contributed by atoms with Crippen molar-refractivity contribution >= 4 is 11.6 Å². The number of anilines is 1. The van der Waals surface area contributed by atoms with Crippen molar-refractivity contribution in [2.75, 3.05) is 5.43 Å². The Bertz CT molecular complexity index is 498. The van der Waals surface area contributed by atoms with E-state index in [0.29, 0.717) is 11.4 Å². The van der Waals surface area contributed by atoms with Gasteiger partial charge in [-0.1, -0.05) is 6.07 Å². The lowest BCUT2D eigenvalue weighted by molar-refractivity contribution is -0.120. The molecule has 0 radical (unpaired) electrons. The molecule has 1 heterocycles. The van der Waals surface area contributed by atoms with E-state index in [1.807, 2.05) is 0 Å². The van der Waals surface area contributed by atoms with E-state index < -0.39 is 0 Å². The van der Waals surface area contributed by atoms with E-state index in [1.165, 1.54) is 12.1 Å². The van der Waals surface area contributed by atoms with Crippen LogP contribution in [0.1, 0.15) is 5.69 Å². The first-order valence-electron chi connectivity index (χ1n) is 5.03. The highest BCUT2D eigenvalue weighted by Crippen LogP contribution is 2.07. The molecular formula is C11H11FN4O. The lowest BCUT2D eigenvalue weighted by Crippen LogP contribution is -2.30. The van der Waals surface area contributed by atoms with Gasteiger partial charge in [0.15, 0.2) is 0 Å². The quantitative estimate of drug-likeness (QED) is 0.697. The van der Waals surface area contributed by atoms with Crippen molar-refractivity contribution in [3.63, 3.8) is 0 Å². The minimum absolute atomic E-state index is 0.183.